The Labute approximate surface area is 118 Å². The third-order valence-electron chi connectivity index (χ3n) is 4.60. The van der Waals surface area contributed by atoms with Gasteiger partial charge in [-0.25, -0.2) is 12.7 Å². The largest absolute Gasteiger partial charge is 0.300 e. The molecule has 0 aromatic heterocycles. The van der Waals surface area contributed by atoms with E-state index in [4.69, 9.17) is 0 Å². The van der Waals surface area contributed by atoms with E-state index in [1.54, 1.807) is 11.2 Å². The standard InChI is InChI=1S/C14H28N2O2S/c1-4-19(17,18)16-7-5-14(6-8-16)15-10-12(2)9-13(3)11-15/h12-14H,4-11H2,1-3H3/t12-,13+. The van der Waals surface area contributed by atoms with Crippen molar-refractivity contribution >= 4 is 10.0 Å². The third kappa shape index (κ3) is 3.70. The Morgan fingerprint density at radius 1 is 1.05 bits per heavy atom. The minimum Gasteiger partial charge on any atom is -0.300 e. The molecule has 0 spiro atoms. The quantitative estimate of drug-likeness (QED) is 0.795. The van der Waals surface area contributed by atoms with E-state index in [0.29, 0.717) is 19.1 Å². The Morgan fingerprint density at radius 3 is 2.05 bits per heavy atom. The van der Waals surface area contributed by atoms with Crippen LogP contribution in [0.1, 0.15) is 40.0 Å². The van der Waals surface area contributed by atoms with Crippen molar-refractivity contribution in [2.45, 2.75) is 46.1 Å². The van der Waals surface area contributed by atoms with Gasteiger partial charge in [-0.05, 0) is 38.0 Å². The van der Waals surface area contributed by atoms with E-state index in [2.05, 4.69) is 18.7 Å². The SMILES string of the molecule is CCS(=O)(=O)N1CCC(N2C[C@H](C)C[C@H](C)C2)CC1. The van der Waals surface area contributed by atoms with Gasteiger partial charge in [0.15, 0.2) is 0 Å². The minimum absolute atomic E-state index is 0.232. The zero-order valence-electron chi connectivity index (χ0n) is 12.5. The number of likely N-dealkylation sites (tertiary alicyclic amines) is 1. The van der Waals surface area contributed by atoms with Crippen LogP contribution in [0.25, 0.3) is 0 Å². The average Bonchev–Trinajstić information content (AvgIpc) is 2.38. The molecule has 2 heterocycles. The van der Waals surface area contributed by atoms with Crippen molar-refractivity contribution in [3.05, 3.63) is 0 Å². The van der Waals surface area contributed by atoms with E-state index in [1.165, 1.54) is 19.5 Å². The van der Waals surface area contributed by atoms with Gasteiger partial charge in [0.25, 0.3) is 0 Å². The summed E-state index contributed by atoms with van der Waals surface area (Å²) in [5.74, 6) is 1.79. The fourth-order valence-corrected chi connectivity index (χ4v) is 4.81. The summed E-state index contributed by atoms with van der Waals surface area (Å²) in [5, 5.41) is 0. The molecule has 2 aliphatic rings. The molecule has 112 valence electrons. The van der Waals surface area contributed by atoms with Crippen molar-refractivity contribution < 1.29 is 8.42 Å². The minimum atomic E-state index is -2.98. The Kier molecular flexibility index (Phi) is 4.90. The molecule has 5 heteroatoms. The summed E-state index contributed by atoms with van der Waals surface area (Å²) in [4.78, 5) is 2.61. The second-order valence-electron chi connectivity index (χ2n) is 6.43. The lowest BCUT2D eigenvalue weighted by Crippen LogP contribution is -2.51. The fraction of sp³-hybridized carbons (Fsp3) is 1.00. The normalized spacial score (nSPS) is 32.6. The maximum absolute atomic E-state index is 11.9. The van der Waals surface area contributed by atoms with Crippen LogP contribution in [-0.4, -0.2) is 55.6 Å². The van der Waals surface area contributed by atoms with Gasteiger partial charge in [0.05, 0.1) is 5.75 Å². The molecule has 0 amide bonds. The number of piperidine rings is 2. The molecule has 0 radical (unpaired) electrons. The van der Waals surface area contributed by atoms with E-state index in [-0.39, 0.29) is 5.75 Å². The van der Waals surface area contributed by atoms with Gasteiger partial charge in [0.1, 0.15) is 0 Å². The van der Waals surface area contributed by atoms with Crippen LogP contribution in [0, 0.1) is 11.8 Å². The lowest BCUT2D eigenvalue weighted by molar-refractivity contribution is 0.0689. The molecule has 2 atom stereocenters. The van der Waals surface area contributed by atoms with Gasteiger partial charge in [0.2, 0.25) is 10.0 Å². The molecular weight excluding hydrogens is 260 g/mol. The second-order valence-corrected chi connectivity index (χ2v) is 8.69. The number of rotatable bonds is 3. The van der Waals surface area contributed by atoms with Crippen LogP contribution >= 0.6 is 0 Å². The van der Waals surface area contributed by atoms with Gasteiger partial charge in [-0.3, -0.25) is 4.90 Å². The average molecular weight is 288 g/mol. The number of sulfonamides is 1. The Bertz CT molecular complexity index is 378. The van der Waals surface area contributed by atoms with E-state index < -0.39 is 10.0 Å². The molecular formula is C14H28N2O2S. The van der Waals surface area contributed by atoms with Crippen LogP contribution in [0.4, 0.5) is 0 Å². The van der Waals surface area contributed by atoms with Crippen LogP contribution in [-0.2, 0) is 10.0 Å². The lowest BCUT2D eigenvalue weighted by atomic mass is 9.89. The van der Waals surface area contributed by atoms with Crippen molar-refractivity contribution in [1.82, 2.24) is 9.21 Å². The van der Waals surface area contributed by atoms with Crippen LogP contribution in [0.2, 0.25) is 0 Å². The van der Waals surface area contributed by atoms with Gasteiger partial charge in [-0.15, -0.1) is 0 Å². The summed E-state index contributed by atoms with van der Waals surface area (Å²) < 4.78 is 25.4. The fourth-order valence-electron chi connectivity index (χ4n) is 3.68. The van der Waals surface area contributed by atoms with Gasteiger partial charge >= 0.3 is 0 Å². The number of nitrogens with zero attached hydrogens (tertiary/aromatic N) is 2. The monoisotopic (exact) mass is 288 g/mol. The molecule has 0 aromatic rings. The van der Waals surface area contributed by atoms with E-state index in [1.807, 2.05) is 0 Å². The van der Waals surface area contributed by atoms with Crippen molar-refractivity contribution in [3.63, 3.8) is 0 Å². The molecule has 0 aromatic carbocycles. The smallest absolute Gasteiger partial charge is 0.213 e. The summed E-state index contributed by atoms with van der Waals surface area (Å²) in [5.41, 5.74) is 0. The first-order valence-corrected chi connectivity index (χ1v) is 9.25. The maximum atomic E-state index is 11.9. The van der Waals surface area contributed by atoms with Crippen molar-refractivity contribution in [2.24, 2.45) is 11.8 Å². The predicted octanol–water partition coefficient (Wildman–Crippen LogP) is 1.78. The Balaban J connectivity index is 1.89. The van der Waals surface area contributed by atoms with Crippen LogP contribution < -0.4 is 0 Å². The summed E-state index contributed by atoms with van der Waals surface area (Å²) in [6.07, 6.45) is 3.33. The third-order valence-corrected chi connectivity index (χ3v) is 6.48. The van der Waals surface area contributed by atoms with Crippen LogP contribution in [0.3, 0.4) is 0 Å². The first-order valence-electron chi connectivity index (χ1n) is 7.64. The molecule has 0 unspecified atom stereocenters. The highest BCUT2D eigenvalue weighted by Crippen LogP contribution is 2.27. The summed E-state index contributed by atoms with van der Waals surface area (Å²) >= 11 is 0. The van der Waals surface area contributed by atoms with Crippen molar-refractivity contribution in [2.75, 3.05) is 31.9 Å². The lowest BCUT2D eigenvalue weighted by Gasteiger charge is -2.43. The molecule has 0 aliphatic carbocycles. The van der Waals surface area contributed by atoms with Gasteiger partial charge in [-0.1, -0.05) is 13.8 Å². The highest BCUT2D eigenvalue weighted by molar-refractivity contribution is 7.89. The van der Waals surface area contributed by atoms with E-state index in [9.17, 15) is 8.42 Å². The molecule has 0 bridgehead atoms. The molecule has 2 aliphatic heterocycles. The Morgan fingerprint density at radius 2 is 1.58 bits per heavy atom. The van der Waals surface area contributed by atoms with E-state index in [0.717, 1.165) is 24.7 Å². The number of hydrogen-bond donors (Lipinski definition) is 0. The van der Waals surface area contributed by atoms with Crippen molar-refractivity contribution in [3.8, 4) is 0 Å². The van der Waals surface area contributed by atoms with Crippen LogP contribution in [0.15, 0.2) is 0 Å². The summed E-state index contributed by atoms with van der Waals surface area (Å²) in [7, 11) is -2.98. The molecule has 2 fully saturated rings. The molecule has 4 nitrogen and oxygen atoms in total. The first kappa shape index (κ1) is 15.3. The van der Waals surface area contributed by atoms with Gasteiger partial charge in [-0.2, -0.15) is 0 Å². The first-order chi connectivity index (χ1) is 8.92. The zero-order chi connectivity index (χ0) is 14.0. The van der Waals surface area contributed by atoms with Crippen molar-refractivity contribution in [1.29, 1.82) is 0 Å². The highest BCUT2D eigenvalue weighted by atomic mass is 32.2. The molecule has 2 saturated heterocycles. The predicted molar refractivity (Wildman–Crippen MR) is 78.6 cm³/mol. The van der Waals surface area contributed by atoms with E-state index >= 15 is 0 Å². The molecule has 0 saturated carbocycles. The molecule has 2 rings (SSSR count). The molecule has 19 heavy (non-hydrogen) atoms. The zero-order valence-corrected chi connectivity index (χ0v) is 13.3. The maximum Gasteiger partial charge on any atom is 0.213 e. The highest BCUT2D eigenvalue weighted by Gasteiger charge is 2.32. The summed E-state index contributed by atoms with van der Waals surface area (Å²) in [6, 6.07) is 0.591. The Hall–Kier alpha value is -0.130. The van der Waals surface area contributed by atoms with Gasteiger partial charge < -0.3 is 0 Å². The topological polar surface area (TPSA) is 40.6 Å². The number of hydrogen-bond acceptors (Lipinski definition) is 3. The van der Waals surface area contributed by atoms with Crippen LogP contribution in [0.5, 0.6) is 0 Å². The van der Waals surface area contributed by atoms with Gasteiger partial charge in [0, 0.05) is 32.2 Å². The second kappa shape index (κ2) is 6.10. The molecule has 0 N–H and O–H groups in total. The summed E-state index contributed by atoms with van der Waals surface area (Å²) in [6.45, 7) is 10.2.